The van der Waals surface area contributed by atoms with Crippen molar-refractivity contribution in [2.45, 2.75) is 12.3 Å². The molecule has 0 aliphatic rings. The number of halogens is 3. The molecule has 1 atom stereocenters. The van der Waals surface area contributed by atoms with Crippen molar-refractivity contribution in [3.05, 3.63) is 64.7 Å². The summed E-state index contributed by atoms with van der Waals surface area (Å²) in [7, 11) is 1.58. The van der Waals surface area contributed by atoms with Crippen LogP contribution in [0.4, 0.5) is 8.78 Å². The quantitative estimate of drug-likeness (QED) is 0.747. The first kappa shape index (κ1) is 13.8. The van der Waals surface area contributed by atoms with Crippen LogP contribution in [-0.4, -0.2) is 7.11 Å². The molecule has 1 unspecified atom stereocenters. The van der Waals surface area contributed by atoms with Gasteiger partial charge >= 0.3 is 0 Å². The summed E-state index contributed by atoms with van der Waals surface area (Å²) in [5.41, 5.74) is 1.91. The molecule has 0 N–H and O–H groups in total. The lowest BCUT2D eigenvalue weighted by atomic mass is 10.0. The van der Waals surface area contributed by atoms with E-state index in [-0.39, 0.29) is 5.56 Å². The summed E-state index contributed by atoms with van der Waals surface area (Å²) in [4.78, 5) is 0. The average Bonchev–Trinajstić information content (AvgIpc) is 2.38. The molecule has 0 bridgehead atoms. The van der Waals surface area contributed by atoms with Crippen LogP contribution in [0, 0.1) is 18.6 Å². The second-order valence-electron chi connectivity index (χ2n) is 4.26. The third-order valence-electron chi connectivity index (χ3n) is 2.95. The van der Waals surface area contributed by atoms with Gasteiger partial charge in [-0.05, 0) is 30.2 Å². The Morgan fingerprint density at radius 3 is 2.42 bits per heavy atom. The highest BCUT2D eigenvalue weighted by Crippen LogP contribution is 2.33. The predicted molar refractivity (Wildman–Crippen MR) is 71.8 cm³/mol. The maximum atomic E-state index is 13.7. The van der Waals surface area contributed by atoms with E-state index >= 15 is 0 Å². The monoisotopic (exact) mass is 282 g/mol. The van der Waals surface area contributed by atoms with Gasteiger partial charge in [-0.2, -0.15) is 0 Å². The summed E-state index contributed by atoms with van der Waals surface area (Å²) in [6.07, 6.45) is 0. The molecule has 2 aromatic carbocycles. The van der Waals surface area contributed by atoms with E-state index in [4.69, 9.17) is 16.3 Å². The lowest BCUT2D eigenvalue weighted by Crippen LogP contribution is -1.99. The summed E-state index contributed by atoms with van der Waals surface area (Å²) in [5, 5.41) is -0.662. The Labute approximate surface area is 115 Å². The molecule has 0 saturated heterocycles. The Hall–Kier alpha value is -1.61. The van der Waals surface area contributed by atoms with E-state index < -0.39 is 17.0 Å². The maximum absolute atomic E-state index is 13.7. The van der Waals surface area contributed by atoms with Crippen LogP contribution in [0.5, 0.6) is 5.75 Å². The minimum Gasteiger partial charge on any atom is -0.496 e. The second-order valence-corrected chi connectivity index (χ2v) is 4.69. The number of hydrogen-bond donors (Lipinski definition) is 0. The lowest BCUT2D eigenvalue weighted by molar-refractivity contribution is 0.411. The van der Waals surface area contributed by atoms with Gasteiger partial charge in [0, 0.05) is 11.6 Å². The van der Waals surface area contributed by atoms with Gasteiger partial charge in [0.2, 0.25) is 0 Å². The molecule has 0 amide bonds. The van der Waals surface area contributed by atoms with Gasteiger partial charge in [0.25, 0.3) is 0 Å². The number of alkyl halides is 1. The van der Waals surface area contributed by atoms with Crippen molar-refractivity contribution in [1.29, 1.82) is 0 Å². The van der Waals surface area contributed by atoms with Crippen molar-refractivity contribution in [3.8, 4) is 5.75 Å². The largest absolute Gasteiger partial charge is 0.496 e. The molecular formula is C15H13ClF2O. The van der Waals surface area contributed by atoms with E-state index in [0.717, 1.165) is 22.9 Å². The average molecular weight is 283 g/mol. The highest BCUT2D eigenvalue weighted by molar-refractivity contribution is 6.22. The van der Waals surface area contributed by atoms with Gasteiger partial charge in [-0.1, -0.05) is 18.2 Å². The van der Waals surface area contributed by atoms with Crippen molar-refractivity contribution >= 4 is 11.6 Å². The third-order valence-corrected chi connectivity index (χ3v) is 3.43. The zero-order valence-corrected chi connectivity index (χ0v) is 11.3. The van der Waals surface area contributed by atoms with Gasteiger partial charge < -0.3 is 4.74 Å². The van der Waals surface area contributed by atoms with Gasteiger partial charge in [0.05, 0.1) is 12.5 Å². The van der Waals surface area contributed by atoms with Crippen LogP contribution in [0.25, 0.3) is 0 Å². The number of aryl methyl sites for hydroxylation is 1. The summed E-state index contributed by atoms with van der Waals surface area (Å²) in [6, 6.07) is 8.78. The molecule has 1 nitrogen and oxygen atoms in total. The Morgan fingerprint density at radius 2 is 1.84 bits per heavy atom. The molecule has 0 radical (unpaired) electrons. The minimum absolute atomic E-state index is 0.257. The zero-order valence-electron chi connectivity index (χ0n) is 10.6. The van der Waals surface area contributed by atoms with E-state index in [2.05, 4.69) is 0 Å². The normalized spacial score (nSPS) is 12.3. The first-order chi connectivity index (χ1) is 9.02. The highest BCUT2D eigenvalue weighted by Gasteiger charge is 2.16. The Bertz CT molecular complexity index is 599. The van der Waals surface area contributed by atoms with Gasteiger partial charge in [-0.15, -0.1) is 11.6 Å². The topological polar surface area (TPSA) is 9.23 Å². The van der Waals surface area contributed by atoms with Crippen LogP contribution in [-0.2, 0) is 0 Å². The van der Waals surface area contributed by atoms with Crippen LogP contribution in [0.1, 0.15) is 22.1 Å². The van der Waals surface area contributed by atoms with Crippen molar-refractivity contribution in [3.63, 3.8) is 0 Å². The van der Waals surface area contributed by atoms with Gasteiger partial charge in [-0.25, -0.2) is 8.78 Å². The first-order valence-corrected chi connectivity index (χ1v) is 6.20. The Kier molecular flexibility index (Phi) is 4.05. The number of benzene rings is 2. The Morgan fingerprint density at radius 1 is 1.11 bits per heavy atom. The Balaban J connectivity index is 2.38. The van der Waals surface area contributed by atoms with E-state index in [9.17, 15) is 8.78 Å². The molecule has 0 fully saturated rings. The summed E-state index contributed by atoms with van der Waals surface area (Å²) in [5.74, 6) is -0.517. The number of hydrogen-bond acceptors (Lipinski definition) is 1. The van der Waals surface area contributed by atoms with E-state index in [0.29, 0.717) is 0 Å². The second kappa shape index (κ2) is 5.57. The van der Waals surface area contributed by atoms with Gasteiger partial charge in [-0.3, -0.25) is 0 Å². The smallest absolute Gasteiger partial charge is 0.131 e. The number of rotatable bonds is 3. The van der Waals surface area contributed by atoms with E-state index in [1.54, 1.807) is 19.2 Å². The van der Waals surface area contributed by atoms with Crippen molar-refractivity contribution in [2.75, 3.05) is 7.11 Å². The molecular weight excluding hydrogens is 270 g/mol. The van der Waals surface area contributed by atoms with Crippen molar-refractivity contribution < 1.29 is 13.5 Å². The summed E-state index contributed by atoms with van der Waals surface area (Å²) >= 11 is 6.25. The van der Waals surface area contributed by atoms with Crippen LogP contribution in [0.15, 0.2) is 36.4 Å². The fraction of sp³-hybridized carbons (Fsp3) is 0.200. The first-order valence-electron chi connectivity index (χ1n) is 5.76. The molecule has 0 aliphatic carbocycles. The standard InChI is InChI=1S/C15H13ClF2O/c1-9-7-10(3-6-14(9)19-2)15(16)12-5-4-11(17)8-13(12)18/h3-8,15H,1-2H3. The van der Waals surface area contributed by atoms with Crippen molar-refractivity contribution in [1.82, 2.24) is 0 Å². The van der Waals surface area contributed by atoms with E-state index in [1.165, 1.54) is 12.1 Å². The number of methoxy groups -OCH3 is 1. The maximum Gasteiger partial charge on any atom is 0.131 e. The van der Waals surface area contributed by atoms with E-state index in [1.807, 2.05) is 13.0 Å². The summed E-state index contributed by atoms with van der Waals surface area (Å²) in [6.45, 7) is 1.88. The van der Waals surface area contributed by atoms with Crippen LogP contribution in [0.3, 0.4) is 0 Å². The molecule has 0 aromatic heterocycles. The van der Waals surface area contributed by atoms with Crippen LogP contribution < -0.4 is 4.74 Å². The molecule has 0 spiro atoms. The van der Waals surface area contributed by atoms with Gasteiger partial charge in [0.15, 0.2) is 0 Å². The molecule has 0 aliphatic heterocycles. The molecule has 100 valence electrons. The van der Waals surface area contributed by atoms with Crippen LogP contribution in [0.2, 0.25) is 0 Å². The number of ether oxygens (including phenoxy) is 1. The molecule has 4 heteroatoms. The molecule has 0 heterocycles. The van der Waals surface area contributed by atoms with Crippen LogP contribution >= 0.6 is 11.6 Å². The highest BCUT2D eigenvalue weighted by atomic mass is 35.5. The summed E-state index contributed by atoms with van der Waals surface area (Å²) < 4.78 is 31.7. The van der Waals surface area contributed by atoms with Crippen molar-refractivity contribution in [2.24, 2.45) is 0 Å². The van der Waals surface area contributed by atoms with Gasteiger partial charge in [0.1, 0.15) is 17.4 Å². The predicted octanol–water partition coefficient (Wildman–Crippen LogP) is 4.61. The lowest BCUT2D eigenvalue weighted by Gasteiger charge is -2.13. The molecule has 2 rings (SSSR count). The molecule has 19 heavy (non-hydrogen) atoms. The molecule has 0 saturated carbocycles. The minimum atomic E-state index is -0.662. The molecule has 2 aromatic rings. The SMILES string of the molecule is COc1ccc(C(Cl)c2ccc(F)cc2F)cc1C. The fourth-order valence-electron chi connectivity index (χ4n) is 1.95. The third kappa shape index (κ3) is 2.87. The zero-order chi connectivity index (χ0) is 14.0. The fourth-order valence-corrected chi connectivity index (χ4v) is 2.26.